The van der Waals surface area contributed by atoms with Gasteiger partial charge in [0, 0.05) is 17.8 Å². The van der Waals surface area contributed by atoms with Crippen LogP contribution in [0.15, 0.2) is 78.9 Å². The average Bonchev–Trinajstić information content (AvgIpc) is 2.77. The summed E-state index contributed by atoms with van der Waals surface area (Å²) < 4.78 is 5.87. The molecule has 0 aliphatic rings. The number of para-hydroxylation sites is 1. The zero-order valence-electron chi connectivity index (χ0n) is 18.2. The lowest BCUT2D eigenvalue weighted by atomic mass is 10.1. The average molecular weight is 428 g/mol. The number of phenolic OH excluding ortho intramolecular Hbond substituents is 3. The van der Waals surface area contributed by atoms with Crippen LogP contribution in [-0.4, -0.2) is 15.3 Å². The minimum Gasteiger partial charge on any atom is -0.508 e. The molecule has 0 atom stereocenters. The highest BCUT2D eigenvalue weighted by Gasteiger charge is 2.18. The maximum absolute atomic E-state index is 10.2. The third-order valence-electron chi connectivity index (χ3n) is 5.39. The molecule has 4 aromatic rings. The molecule has 0 aromatic heterocycles. The Balaban J connectivity index is 1.77. The molecule has 3 N–H and O–H groups in total. The minimum absolute atomic E-state index is 0.115. The standard InChI is InChI=1S/C27H25NO4/c1-17-7-11-21(29)15-24(17)28(25-16-22(30)12-8-18(25)2)20-9-13-23(14-10-20)32-26-6-4-5-19(3)27(26)31/h4-16,29-31H,1-3H3. The summed E-state index contributed by atoms with van der Waals surface area (Å²) in [6, 6.07) is 23.2. The van der Waals surface area contributed by atoms with Crippen LogP contribution in [0.3, 0.4) is 0 Å². The number of phenols is 3. The van der Waals surface area contributed by atoms with E-state index in [0.29, 0.717) is 11.5 Å². The number of hydrogen-bond acceptors (Lipinski definition) is 5. The van der Waals surface area contributed by atoms with Crippen LogP contribution >= 0.6 is 0 Å². The molecule has 32 heavy (non-hydrogen) atoms. The van der Waals surface area contributed by atoms with Crippen molar-refractivity contribution in [2.75, 3.05) is 4.90 Å². The lowest BCUT2D eigenvalue weighted by Gasteiger charge is -2.28. The van der Waals surface area contributed by atoms with Gasteiger partial charge in [-0.3, -0.25) is 0 Å². The zero-order valence-corrected chi connectivity index (χ0v) is 18.2. The van der Waals surface area contributed by atoms with Gasteiger partial charge in [-0.25, -0.2) is 0 Å². The number of anilines is 3. The second kappa shape index (κ2) is 8.55. The van der Waals surface area contributed by atoms with Crippen molar-refractivity contribution in [2.24, 2.45) is 0 Å². The summed E-state index contributed by atoms with van der Waals surface area (Å²) in [6.07, 6.45) is 0. The molecule has 0 amide bonds. The Hall–Kier alpha value is -4.12. The van der Waals surface area contributed by atoms with Gasteiger partial charge in [0.1, 0.15) is 17.2 Å². The van der Waals surface area contributed by atoms with Crippen molar-refractivity contribution in [1.29, 1.82) is 0 Å². The topological polar surface area (TPSA) is 73.2 Å². The first kappa shape index (κ1) is 21.1. The molecule has 0 fully saturated rings. The molecule has 0 heterocycles. The molecular formula is C27H25NO4. The van der Waals surface area contributed by atoms with Crippen LogP contribution in [0.1, 0.15) is 16.7 Å². The molecule has 5 nitrogen and oxygen atoms in total. The maximum Gasteiger partial charge on any atom is 0.169 e. The van der Waals surface area contributed by atoms with Crippen molar-refractivity contribution in [3.8, 4) is 28.7 Å². The Morgan fingerprint density at radius 1 is 0.625 bits per heavy atom. The molecule has 0 aliphatic heterocycles. The first-order chi connectivity index (χ1) is 15.3. The quantitative estimate of drug-likeness (QED) is 0.320. The molecule has 0 aliphatic carbocycles. The van der Waals surface area contributed by atoms with E-state index < -0.39 is 0 Å². The fraction of sp³-hybridized carbons (Fsp3) is 0.111. The highest BCUT2D eigenvalue weighted by molar-refractivity contribution is 5.81. The van der Waals surface area contributed by atoms with Gasteiger partial charge in [-0.05, 0) is 79.9 Å². The Morgan fingerprint density at radius 3 is 1.75 bits per heavy atom. The molecule has 162 valence electrons. The van der Waals surface area contributed by atoms with E-state index in [4.69, 9.17) is 4.74 Å². The lowest BCUT2D eigenvalue weighted by molar-refractivity contribution is 0.408. The monoisotopic (exact) mass is 427 g/mol. The molecule has 0 saturated carbocycles. The molecule has 4 rings (SSSR count). The fourth-order valence-electron chi connectivity index (χ4n) is 3.59. The third-order valence-corrected chi connectivity index (χ3v) is 5.39. The van der Waals surface area contributed by atoms with Gasteiger partial charge in [-0.1, -0.05) is 24.3 Å². The summed E-state index contributed by atoms with van der Waals surface area (Å²) >= 11 is 0. The first-order valence-corrected chi connectivity index (χ1v) is 10.3. The number of rotatable bonds is 5. The van der Waals surface area contributed by atoms with Gasteiger partial charge in [0.2, 0.25) is 0 Å². The van der Waals surface area contributed by atoms with Gasteiger partial charge >= 0.3 is 0 Å². The van der Waals surface area contributed by atoms with E-state index in [2.05, 4.69) is 0 Å². The highest BCUT2D eigenvalue weighted by atomic mass is 16.5. The molecule has 4 aromatic carbocycles. The molecular weight excluding hydrogens is 402 g/mol. The van der Waals surface area contributed by atoms with Crippen LogP contribution in [0.4, 0.5) is 17.1 Å². The van der Waals surface area contributed by atoms with Crippen molar-refractivity contribution in [3.63, 3.8) is 0 Å². The SMILES string of the molecule is Cc1ccc(O)cc1N(c1ccc(Oc2cccc(C)c2O)cc1)c1cc(O)ccc1C. The van der Waals surface area contributed by atoms with Gasteiger partial charge in [-0.15, -0.1) is 0 Å². The second-order valence-electron chi connectivity index (χ2n) is 7.79. The molecule has 5 heteroatoms. The van der Waals surface area contributed by atoms with Gasteiger partial charge in [0.15, 0.2) is 11.5 Å². The summed E-state index contributed by atoms with van der Waals surface area (Å²) in [4.78, 5) is 1.98. The van der Waals surface area contributed by atoms with Crippen molar-refractivity contribution >= 4 is 17.1 Å². The number of hydrogen-bond donors (Lipinski definition) is 3. The summed E-state index contributed by atoms with van der Waals surface area (Å²) in [7, 11) is 0. The Morgan fingerprint density at radius 2 is 1.19 bits per heavy atom. The van der Waals surface area contributed by atoms with E-state index in [0.717, 1.165) is 33.8 Å². The fourth-order valence-corrected chi connectivity index (χ4v) is 3.59. The van der Waals surface area contributed by atoms with Crippen LogP contribution in [0.25, 0.3) is 0 Å². The summed E-state index contributed by atoms with van der Waals surface area (Å²) in [6.45, 7) is 5.76. The number of aryl methyl sites for hydroxylation is 3. The van der Waals surface area contributed by atoms with Gasteiger partial charge in [-0.2, -0.15) is 0 Å². The van der Waals surface area contributed by atoms with Crippen molar-refractivity contribution < 1.29 is 20.1 Å². The maximum atomic E-state index is 10.2. The van der Waals surface area contributed by atoms with Crippen molar-refractivity contribution in [1.82, 2.24) is 0 Å². The molecule has 0 radical (unpaired) electrons. The molecule has 0 spiro atoms. The number of aromatic hydroxyl groups is 3. The van der Waals surface area contributed by atoms with Gasteiger partial charge < -0.3 is 25.0 Å². The van der Waals surface area contributed by atoms with Crippen LogP contribution in [-0.2, 0) is 0 Å². The smallest absolute Gasteiger partial charge is 0.169 e. The van der Waals surface area contributed by atoms with E-state index in [1.807, 2.05) is 74.2 Å². The van der Waals surface area contributed by atoms with Crippen LogP contribution in [0.5, 0.6) is 28.7 Å². The Bertz CT molecular complexity index is 1210. The lowest BCUT2D eigenvalue weighted by Crippen LogP contribution is -2.12. The Labute approximate surface area is 187 Å². The summed E-state index contributed by atoms with van der Waals surface area (Å²) in [5, 5.41) is 30.5. The van der Waals surface area contributed by atoms with Crippen molar-refractivity contribution in [3.05, 3.63) is 95.6 Å². The van der Waals surface area contributed by atoms with E-state index in [1.165, 1.54) is 0 Å². The summed E-state index contributed by atoms with van der Waals surface area (Å²) in [5.41, 5.74) is 5.09. The molecule has 0 unspecified atom stereocenters. The van der Waals surface area contributed by atoms with E-state index in [9.17, 15) is 15.3 Å². The number of nitrogens with zero attached hydrogens (tertiary/aromatic N) is 1. The predicted octanol–water partition coefficient (Wildman–Crippen LogP) is 6.99. The number of ether oxygens (including phenoxy) is 1. The van der Waals surface area contributed by atoms with E-state index in [1.54, 1.807) is 30.3 Å². The minimum atomic E-state index is 0.115. The molecule has 0 bridgehead atoms. The third kappa shape index (κ3) is 4.18. The van der Waals surface area contributed by atoms with E-state index in [-0.39, 0.29) is 17.2 Å². The van der Waals surface area contributed by atoms with E-state index >= 15 is 0 Å². The summed E-state index contributed by atoms with van der Waals surface area (Å²) in [5.74, 6) is 1.40. The normalized spacial score (nSPS) is 10.7. The van der Waals surface area contributed by atoms with Gasteiger partial charge in [0.25, 0.3) is 0 Å². The van der Waals surface area contributed by atoms with Crippen molar-refractivity contribution in [2.45, 2.75) is 20.8 Å². The largest absolute Gasteiger partial charge is 0.508 e. The number of benzene rings is 4. The van der Waals surface area contributed by atoms with Crippen LogP contribution in [0.2, 0.25) is 0 Å². The van der Waals surface area contributed by atoms with Gasteiger partial charge in [0.05, 0.1) is 11.4 Å². The van der Waals surface area contributed by atoms with Crippen LogP contribution < -0.4 is 9.64 Å². The zero-order chi connectivity index (χ0) is 22.8. The Kier molecular flexibility index (Phi) is 5.65. The molecule has 0 saturated heterocycles. The van der Waals surface area contributed by atoms with Crippen LogP contribution in [0, 0.1) is 20.8 Å². The predicted molar refractivity (Wildman–Crippen MR) is 127 cm³/mol. The first-order valence-electron chi connectivity index (χ1n) is 10.3. The highest BCUT2D eigenvalue weighted by Crippen LogP contribution is 2.42. The second-order valence-corrected chi connectivity index (χ2v) is 7.79.